The summed E-state index contributed by atoms with van der Waals surface area (Å²) in [7, 11) is 3.18. The SMILES string of the molecule is COc1ccc([C@H]2CC(=O)Oc3ccc4c(c32)O/C(=C\c2ccccc2OC)C4=O)cc1. The summed E-state index contributed by atoms with van der Waals surface area (Å²) >= 11 is 0. The second-order valence-electron chi connectivity index (χ2n) is 7.54. The molecule has 2 heterocycles. The van der Waals surface area contributed by atoms with E-state index in [-0.39, 0.29) is 29.9 Å². The third-order valence-corrected chi connectivity index (χ3v) is 5.72. The van der Waals surface area contributed by atoms with Gasteiger partial charge in [-0.3, -0.25) is 9.59 Å². The average molecular weight is 428 g/mol. The summed E-state index contributed by atoms with van der Waals surface area (Å²) in [6.07, 6.45) is 1.82. The van der Waals surface area contributed by atoms with Crippen LogP contribution in [-0.4, -0.2) is 26.0 Å². The van der Waals surface area contributed by atoms with E-state index in [9.17, 15) is 9.59 Å². The van der Waals surface area contributed by atoms with E-state index >= 15 is 0 Å². The summed E-state index contributed by atoms with van der Waals surface area (Å²) in [4.78, 5) is 25.4. The Kier molecular flexibility index (Phi) is 4.90. The van der Waals surface area contributed by atoms with Crippen LogP contribution in [0.15, 0.2) is 66.4 Å². The summed E-state index contributed by atoms with van der Waals surface area (Å²) in [5.74, 6) is 1.55. The molecule has 2 aliphatic heterocycles. The Morgan fingerprint density at radius 1 is 0.906 bits per heavy atom. The number of hydrogen-bond donors (Lipinski definition) is 0. The number of carbonyl (C=O) groups is 2. The fourth-order valence-electron chi connectivity index (χ4n) is 4.15. The van der Waals surface area contributed by atoms with Crippen molar-refractivity contribution in [2.75, 3.05) is 14.2 Å². The predicted molar refractivity (Wildman–Crippen MR) is 117 cm³/mol. The van der Waals surface area contributed by atoms with Crippen LogP contribution in [0.5, 0.6) is 23.0 Å². The number of ketones is 1. The quantitative estimate of drug-likeness (QED) is 0.339. The minimum absolute atomic E-state index is 0.152. The van der Waals surface area contributed by atoms with Crippen LogP contribution < -0.4 is 18.9 Å². The number of fused-ring (bicyclic) bond motifs is 3. The lowest BCUT2D eigenvalue weighted by Crippen LogP contribution is -2.21. The molecular weight excluding hydrogens is 408 g/mol. The number of hydrogen-bond acceptors (Lipinski definition) is 6. The highest BCUT2D eigenvalue weighted by molar-refractivity contribution is 6.15. The van der Waals surface area contributed by atoms with Crippen molar-refractivity contribution in [2.24, 2.45) is 0 Å². The Morgan fingerprint density at radius 3 is 2.44 bits per heavy atom. The number of para-hydroxylation sites is 1. The lowest BCUT2D eigenvalue weighted by atomic mass is 9.84. The van der Waals surface area contributed by atoms with Crippen LogP contribution in [0, 0.1) is 0 Å². The summed E-state index contributed by atoms with van der Waals surface area (Å²) in [5.41, 5.74) is 2.79. The van der Waals surface area contributed by atoms with E-state index in [1.807, 2.05) is 48.5 Å². The first-order chi connectivity index (χ1) is 15.6. The van der Waals surface area contributed by atoms with E-state index < -0.39 is 0 Å². The topological polar surface area (TPSA) is 71.1 Å². The number of carbonyl (C=O) groups excluding carboxylic acids is 2. The second kappa shape index (κ2) is 7.89. The molecular formula is C26H20O6. The average Bonchev–Trinajstić information content (AvgIpc) is 3.14. The van der Waals surface area contributed by atoms with Crippen molar-refractivity contribution < 1.29 is 28.5 Å². The highest BCUT2D eigenvalue weighted by atomic mass is 16.5. The van der Waals surface area contributed by atoms with Crippen LogP contribution in [-0.2, 0) is 4.79 Å². The third-order valence-electron chi connectivity index (χ3n) is 5.72. The number of allylic oxidation sites excluding steroid dienone is 1. The van der Waals surface area contributed by atoms with Crippen molar-refractivity contribution in [1.82, 2.24) is 0 Å². The van der Waals surface area contributed by atoms with Crippen LogP contribution in [0.4, 0.5) is 0 Å². The molecule has 160 valence electrons. The number of benzene rings is 3. The van der Waals surface area contributed by atoms with Crippen LogP contribution >= 0.6 is 0 Å². The maximum absolute atomic E-state index is 13.1. The van der Waals surface area contributed by atoms with Crippen LogP contribution in [0.25, 0.3) is 6.08 Å². The normalized spacial score (nSPS) is 17.9. The maximum Gasteiger partial charge on any atom is 0.312 e. The minimum Gasteiger partial charge on any atom is -0.497 e. The lowest BCUT2D eigenvalue weighted by Gasteiger charge is -2.26. The molecule has 3 aromatic rings. The summed E-state index contributed by atoms with van der Waals surface area (Å²) in [6.45, 7) is 0. The maximum atomic E-state index is 13.1. The predicted octanol–water partition coefficient (Wildman–Crippen LogP) is 4.76. The van der Waals surface area contributed by atoms with Crippen molar-refractivity contribution in [3.05, 3.63) is 88.7 Å². The Morgan fingerprint density at radius 2 is 1.69 bits per heavy atom. The fourth-order valence-corrected chi connectivity index (χ4v) is 4.15. The van der Waals surface area contributed by atoms with Gasteiger partial charge < -0.3 is 18.9 Å². The van der Waals surface area contributed by atoms with E-state index in [1.165, 1.54) is 0 Å². The van der Waals surface area contributed by atoms with Gasteiger partial charge in [0.1, 0.15) is 23.0 Å². The fraction of sp³-hybridized carbons (Fsp3) is 0.154. The summed E-state index contributed by atoms with van der Waals surface area (Å²) < 4.78 is 22.2. The molecule has 0 unspecified atom stereocenters. The Hall–Kier alpha value is -4.06. The van der Waals surface area contributed by atoms with Crippen LogP contribution in [0.3, 0.4) is 0 Å². The van der Waals surface area contributed by atoms with Gasteiger partial charge in [0.05, 0.1) is 26.2 Å². The molecule has 0 aliphatic carbocycles. The van der Waals surface area contributed by atoms with Gasteiger partial charge in [0.25, 0.3) is 0 Å². The van der Waals surface area contributed by atoms with Crippen molar-refractivity contribution in [3.8, 4) is 23.0 Å². The van der Waals surface area contributed by atoms with Crippen molar-refractivity contribution in [1.29, 1.82) is 0 Å². The molecule has 0 amide bonds. The molecule has 6 nitrogen and oxygen atoms in total. The van der Waals surface area contributed by atoms with E-state index in [1.54, 1.807) is 32.4 Å². The van der Waals surface area contributed by atoms with Crippen molar-refractivity contribution in [2.45, 2.75) is 12.3 Å². The number of ether oxygens (including phenoxy) is 4. The van der Waals surface area contributed by atoms with Crippen molar-refractivity contribution >= 4 is 17.8 Å². The standard InChI is InChI=1S/C26H20O6/c1-29-17-9-7-15(8-10-17)19-14-23(27)31-21-12-11-18-25(28)22(32-26(18)24(19)21)13-16-5-3-4-6-20(16)30-2/h3-13,19H,14H2,1-2H3/b22-13-/t19-/m1/s1. The van der Waals surface area contributed by atoms with E-state index in [0.717, 1.165) is 16.9 Å². The smallest absolute Gasteiger partial charge is 0.312 e. The molecule has 0 saturated carbocycles. The molecule has 6 heteroatoms. The number of methoxy groups -OCH3 is 2. The highest BCUT2D eigenvalue weighted by Crippen LogP contribution is 2.49. The lowest BCUT2D eigenvalue weighted by molar-refractivity contribution is -0.135. The van der Waals surface area contributed by atoms with Gasteiger partial charge >= 0.3 is 5.97 Å². The van der Waals surface area contributed by atoms with Gasteiger partial charge in [0.2, 0.25) is 5.78 Å². The molecule has 5 rings (SSSR count). The number of esters is 1. The highest BCUT2D eigenvalue weighted by Gasteiger charge is 2.38. The van der Waals surface area contributed by atoms with Gasteiger partial charge in [0.15, 0.2) is 5.76 Å². The van der Waals surface area contributed by atoms with Crippen molar-refractivity contribution in [3.63, 3.8) is 0 Å². The molecule has 0 bridgehead atoms. The molecule has 0 fully saturated rings. The molecule has 0 spiro atoms. The largest absolute Gasteiger partial charge is 0.497 e. The molecule has 0 saturated heterocycles. The Balaban J connectivity index is 1.60. The molecule has 0 N–H and O–H groups in total. The second-order valence-corrected chi connectivity index (χ2v) is 7.54. The minimum atomic E-state index is -0.327. The van der Waals surface area contributed by atoms with E-state index in [0.29, 0.717) is 28.4 Å². The van der Waals surface area contributed by atoms with Gasteiger partial charge in [-0.05, 0) is 42.0 Å². The summed E-state index contributed by atoms with van der Waals surface area (Å²) in [5, 5.41) is 0. The molecule has 0 aromatic heterocycles. The Bertz CT molecular complexity index is 1260. The van der Waals surface area contributed by atoms with Crippen LogP contribution in [0.1, 0.15) is 39.4 Å². The molecule has 1 atom stereocenters. The Labute approximate surface area is 185 Å². The first-order valence-electron chi connectivity index (χ1n) is 10.2. The zero-order chi connectivity index (χ0) is 22.2. The van der Waals surface area contributed by atoms with E-state index in [2.05, 4.69) is 0 Å². The van der Waals surface area contributed by atoms with Crippen LogP contribution in [0.2, 0.25) is 0 Å². The van der Waals surface area contributed by atoms with Gasteiger partial charge in [-0.15, -0.1) is 0 Å². The number of rotatable bonds is 4. The first kappa shape index (κ1) is 19.9. The molecule has 2 aliphatic rings. The van der Waals surface area contributed by atoms with E-state index in [4.69, 9.17) is 18.9 Å². The third kappa shape index (κ3) is 3.30. The monoisotopic (exact) mass is 428 g/mol. The number of Topliss-reactive ketones (excluding diaryl/α,β-unsaturated/α-hetero) is 1. The first-order valence-corrected chi connectivity index (χ1v) is 10.2. The molecule has 0 radical (unpaired) electrons. The molecule has 32 heavy (non-hydrogen) atoms. The zero-order valence-electron chi connectivity index (χ0n) is 17.6. The summed E-state index contributed by atoms with van der Waals surface area (Å²) in [6, 6.07) is 18.2. The van der Waals surface area contributed by atoms with Gasteiger partial charge in [-0.1, -0.05) is 30.3 Å². The van der Waals surface area contributed by atoms with Gasteiger partial charge in [-0.2, -0.15) is 0 Å². The van der Waals surface area contributed by atoms with Gasteiger partial charge in [-0.25, -0.2) is 0 Å². The van der Waals surface area contributed by atoms with Gasteiger partial charge in [0, 0.05) is 17.0 Å². The zero-order valence-corrected chi connectivity index (χ0v) is 17.6. The molecule has 3 aromatic carbocycles.